The van der Waals surface area contributed by atoms with E-state index in [0.29, 0.717) is 34.5 Å². The van der Waals surface area contributed by atoms with Gasteiger partial charge in [-0.1, -0.05) is 47.7 Å². The van der Waals surface area contributed by atoms with Crippen molar-refractivity contribution in [1.82, 2.24) is 15.6 Å². The van der Waals surface area contributed by atoms with E-state index >= 15 is 0 Å². The van der Waals surface area contributed by atoms with Gasteiger partial charge < -0.3 is 20.7 Å². The van der Waals surface area contributed by atoms with Crippen LogP contribution in [-0.4, -0.2) is 23.9 Å². The molecule has 0 aliphatic heterocycles. The first kappa shape index (κ1) is 21.3. The summed E-state index contributed by atoms with van der Waals surface area (Å²) in [5, 5.41) is 9.53. The molecule has 156 valence electrons. The second-order valence-corrected chi connectivity index (χ2v) is 7.67. The van der Waals surface area contributed by atoms with Crippen molar-refractivity contribution < 1.29 is 14.3 Å². The second-order valence-electron chi connectivity index (χ2n) is 6.67. The number of nitrogens with one attached hydrogen (secondary N) is 3. The van der Waals surface area contributed by atoms with Gasteiger partial charge in [-0.15, -0.1) is 0 Å². The highest BCUT2D eigenvalue weighted by Crippen LogP contribution is 2.30. The summed E-state index contributed by atoms with van der Waals surface area (Å²) in [5.74, 6) is 0.476. The Morgan fingerprint density at radius 3 is 2.27 bits per heavy atom. The molecule has 3 aromatic rings. The SMILES string of the molecule is COc1ccccc1Nc1nc(C)c(C(=O)NCc2ccc(CNC(C)=O)cc2)s1. The number of nitrogens with zero attached hydrogens (tertiary/aromatic N) is 1. The Labute approximate surface area is 179 Å². The Hall–Kier alpha value is -3.39. The molecule has 1 heterocycles. The zero-order chi connectivity index (χ0) is 21.5. The van der Waals surface area contributed by atoms with Gasteiger partial charge in [-0.05, 0) is 30.2 Å². The maximum Gasteiger partial charge on any atom is 0.263 e. The van der Waals surface area contributed by atoms with E-state index in [1.165, 1.54) is 18.3 Å². The minimum Gasteiger partial charge on any atom is -0.495 e. The molecule has 0 saturated carbocycles. The molecule has 0 aliphatic rings. The highest BCUT2D eigenvalue weighted by molar-refractivity contribution is 7.17. The zero-order valence-corrected chi connectivity index (χ0v) is 17.9. The Bertz CT molecular complexity index is 1030. The molecule has 8 heteroatoms. The van der Waals surface area contributed by atoms with Crippen LogP contribution in [0.2, 0.25) is 0 Å². The van der Waals surface area contributed by atoms with E-state index in [9.17, 15) is 9.59 Å². The van der Waals surface area contributed by atoms with Crippen molar-refractivity contribution in [3.05, 3.63) is 70.2 Å². The molecule has 0 saturated heterocycles. The molecule has 0 unspecified atom stereocenters. The van der Waals surface area contributed by atoms with E-state index in [4.69, 9.17) is 4.74 Å². The van der Waals surface area contributed by atoms with Crippen molar-refractivity contribution in [1.29, 1.82) is 0 Å². The van der Waals surface area contributed by atoms with Gasteiger partial charge >= 0.3 is 0 Å². The largest absolute Gasteiger partial charge is 0.495 e. The number of carbonyl (C=O) groups is 2. The molecular formula is C22H24N4O3S. The lowest BCUT2D eigenvalue weighted by Gasteiger charge is -2.08. The van der Waals surface area contributed by atoms with Gasteiger partial charge in [0.15, 0.2) is 5.13 Å². The second kappa shape index (κ2) is 9.89. The Kier molecular flexibility index (Phi) is 7.03. The van der Waals surface area contributed by atoms with E-state index in [0.717, 1.165) is 16.8 Å². The van der Waals surface area contributed by atoms with Crippen molar-refractivity contribution in [2.75, 3.05) is 12.4 Å². The molecule has 2 aromatic carbocycles. The summed E-state index contributed by atoms with van der Waals surface area (Å²) < 4.78 is 5.34. The maximum absolute atomic E-state index is 12.6. The highest BCUT2D eigenvalue weighted by atomic mass is 32.1. The molecule has 1 aromatic heterocycles. The van der Waals surface area contributed by atoms with Crippen LogP contribution >= 0.6 is 11.3 Å². The first-order valence-corrected chi connectivity index (χ1v) is 10.3. The molecule has 0 fully saturated rings. The topological polar surface area (TPSA) is 92.3 Å². The Morgan fingerprint density at radius 1 is 1.00 bits per heavy atom. The van der Waals surface area contributed by atoms with Crippen molar-refractivity contribution in [2.45, 2.75) is 26.9 Å². The third kappa shape index (κ3) is 5.57. The van der Waals surface area contributed by atoms with Crippen LogP contribution in [0.4, 0.5) is 10.8 Å². The van der Waals surface area contributed by atoms with Gasteiger partial charge in [-0.3, -0.25) is 9.59 Å². The summed E-state index contributed by atoms with van der Waals surface area (Å²) >= 11 is 1.30. The molecule has 0 radical (unpaired) electrons. The monoisotopic (exact) mass is 424 g/mol. The number of benzene rings is 2. The predicted octanol–water partition coefficient (Wildman–Crippen LogP) is 3.77. The minimum absolute atomic E-state index is 0.0640. The van der Waals surface area contributed by atoms with Crippen molar-refractivity contribution in [3.8, 4) is 5.75 Å². The molecular weight excluding hydrogens is 400 g/mol. The number of thiazole rings is 1. The number of hydrogen-bond acceptors (Lipinski definition) is 6. The van der Waals surface area contributed by atoms with Crippen LogP contribution in [0, 0.1) is 6.92 Å². The molecule has 3 rings (SSSR count). The van der Waals surface area contributed by atoms with E-state index in [2.05, 4.69) is 20.9 Å². The molecule has 30 heavy (non-hydrogen) atoms. The number of rotatable bonds is 8. The van der Waals surface area contributed by atoms with Crippen LogP contribution in [-0.2, 0) is 17.9 Å². The molecule has 3 N–H and O–H groups in total. The number of hydrogen-bond donors (Lipinski definition) is 3. The van der Waals surface area contributed by atoms with E-state index in [-0.39, 0.29) is 11.8 Å². The third-order valence-corrected chi connectivity index (χ3v) is 5.44. The molecule has 0 aliphatic carbocycles. The quantitative estimate of drug-likeness (QED) is 0.512. The summed E-state index contributed by atoms with van der Waals surface area (Å²) in [6.07, 6.45) is 0. The summed E-state index contributed by atoms with van der Waals surface area (Å²) in [7, 11) is 1.61. The van der Waals surface area contributed by atoms with Crippen molar-refractivity contribution >= 4 is 34.0 Å². The number of para-hydroxylation sites is 2. The number of amides is 2. The fourth-order valence-electron chi connectivity index (χ4n) is 2.79. The van der Waals surface area contributed by atoms with Crippen molar-refractivity contribution in [2.24, 2.45) is 0 Å². The normalized spacial score (nSPS) is 10.4. The smallest absolute Gasteiger partial charge is 0.263 e. The van der Waals surface area contributed by atoms with Gasteiger partial charge in [0.05, 0.1) is 18.5 Å². The van der Waals surface area contributed by atoms with Crippen LogP contribution in [0.1, 0.15) is 33.4 Å². The Balaban J connectivity index is 1.60. The lowest BCUT2D eigenvalue weighted by molar-refractivity contribution is -0.119. The first-order valence-electron chi connectivity index (χ1n) is 9.44. The molecule has 2 amide bonds. The highest BCUT2D eigenvalue weighted by Gasteiger charge is 2.16. The lowest BCUT2D eigenvalue weighted by Crippen LogP contribution is -2.22. The van der Waals surface area contributed by atoms with Gasteiger partial charge in [0.1, 0.15) is 10.6 Å². The van der Waals surface area contributed by atoms with Crippen LogP contribution in [0.5, 0.6) is 5.75 Å². The van der Waals surface area contributed by atoms with Gasteiger partial charge in [0, 0.05) is 20.0 Å². The molecule has 0 spiro atoms. The number of ether oxygens (including phenoxy) is 1. The summed E-state index contributed by atoms with van der Waals surface area (Å²) in [4.78, 5) is 28.6. The van der Waals surface area contributed by atoms with Gasteiger partial charge in [0.2, 0.25) is 5.91 Å². The fourth-order valence-corrected chi connectivity index (χ4v) is 3.68. The van der Waals surface area contributed by atoms with Gasteiger partial charge in [-0.2, -0.15) is 0 Å². The molecule has 0 atom stereocenters. The number of anilines is 2. The van der Waals surface area contributed by atoms with Gasteiger partial charge in [0.25, 0.3) is 5.91 Å². The summed E-state index contributed by atoms with van der Waals surface area (Å²) in [6.45, 7) is 4.20. The summed E-state index contributed by atoms with van der Waals surface area (Å²) in [6, 6.07) is 15.3. The van der Waals surface area contributed by atoms with Crippen molar-refractivity contribution in [3.63, 3.8) is 0 Å². The number of aryl methyl sites for hydroxylation is 1. The third-order valence-electron chi connectivity index (χ3n) is 4.37. The van der Waals surface area contributed by atoms with Crippen LogP contribution in [0.15, 0.2) is 48.5 Å². The fraction of sp³-hybridized carbons (Fsp3) is 0.227. The van der Waals surface area contributed by atoms with E-state index in [1.807, 2.05) is 55.5 Å². The van der Waals surface area contributed by atoms with E-state index < -0.39 is 0 Å². The Morgan fingerprint density at radius 2 is 1.63 bits per heavy atom. The van der Waals surface area contributed by atoms with Crippen LogP contribution in [0.25, 0.3) is 0 Å². The maximum atomic E-state index is 12.6. The van der Waals surface area contributed by atoms with Gasteiger partial charge in [-0.25, -0.2) is 4.98 Å². The van der Waals surface area contributed by atoms with Crippen LogP contribution in [0.3, 0.4) is 0 Å². The number of carbonyl (C=O) groups excluding carboxylic acids is 2. The molecule has 0 bridgehead atoms. The van der Waals surface area contributed by atoms with E-state index in [1.54, 1.807) is 7.11 Å². The lowest BCUT2D eigenvalue weighted by atomic mass is 10.1. The summed E-state index contributed by atoms with van der Waals surface area (Å²) in [5.41, 5.74) is 3.44. The number of methoxy groups -OCH3 is 1. The number of aromatic nitrogens is 1. The average molecular weight is 425 g/mol. The first-order chi connectivity index (χ1) is 14.5. The average Bonchev–Trinajstić information content (AvgIpc) is 3.11. The standard InChI is InChI=1S/C22H24N4O3S/c1-14-20(30-22(25-14)26-18-6-4-5-7-19(18)29-3)21(28)24-13-17-10-8-16(9-11-17)12-23-15(2)27/h4-11H,12-13H2,1-3H3,(H,23,27)(H,24,28)(H,25,26). The zero-order valence-electron chi connectivity index (χ0n) is 17.1. The molecule has 7 nitrogen and oxygen atoms in total. The predicted molar refractivity (Wildman–Crippen MR) is 118 cm³/mol. The minimum atomic E-state index is -0.166. The van der Waals surface area contributed by atoms with Crippen LogP contribution < -0.4 is 20.7 Å².